The van der Waals surface area contributed by atoms with Crippen LogP contribution in [0.3, 0.4) is 0 Å². The molecule has 0 atom stereocenters. The van der Waals surface area contributed by atoms with Crippen molar-refractivity contribution in [3.05, 3.63) is 0 Å². The molecule has 0 fully saturated rings. The lowest BCUT2D eigenvalue weighted by Crippen LogP contribution is -2.08. The van der Waals surface area contributed by atoms with Crippen molar-refractivity contribution in [3.63, 3.8) is 0 Å². The predicted octanol–water partition coefficient (Wildman–Crippen LogP) is 1.32. The second-order valence-electron chi connectivity index (χ2n) is 1.77. The maximum Gasteiger partial charge on any atom is 0.198 e. The maximum absolute atomic E-state index is 10.5. The molecule has 0 aliphatic rings. The van der Waals surface area contributed by atoms with Gasteiger partial charge in [-0.05, 0) is 6.42 Å². The van der Waals surface area contributed by atoms with E-state index < -0.39 is 0 Å². The molecule has 2 nitrogen and oxygen atoms in total. The Morgan fingerprint density at radius 3 is 2.33 bits per heavy atom. The number of rotatable bonds is 4. The first-order chi connectivity index (χ1) is 4.18. The number of ketones is 2. The summed E-state index contributed by atoms with van der Waals surface area (Å²) in [7, 11) is 0. The van der Waals surface area contributed by atoms with E-state index in [1.54, 1.807) is 0 Å². The summed E-state index contributed by atoms with van der Waals surface area (Å²) < 4.78 is 0. The van der Waals surface area contributed by atoms with E-state index in [0.29, 0.717) is 6.42 Å². The summed E-state index contributed by atoms with van der Waals surface area (Å²) in [6.45, 7) is 1.30. The summed E-state index contributed by atoms with van der Waals surface area (Å²) in [5.41, 5.74) is 0. The van der Waals surface area contributed by atoms with Gasteiger partial charge in [0.15, 0.2) is 11.6 Å². The molecule has 0 bridgehead atoms. The Hall–Kier alpha value is -0.180. The van der Waals surface area contributed by atoms with Crippen molar-refractivity contribution in [2.45, 2.75) is 19.8 Å². The minimum absolute atomic E-state index is 0.269. The van der Waals surface area contributed by atoms with Crippen molar-refractivity contribution in [1.29, 1.82) is 0 Å². The van der Waals surface area contributed by atoms with Gasteiger partial charge in [0.2, 0.25) is 0 Å². The molecule has 3 heteroatoms. The number of hydrogen-bond donors (Lipinski definition) is 0. The fourth-order valence-electron chi connectivity index (χ4n) is 0.403. The summed E-state index contributed by atoms with van der Waals surface area (Å²) in [5.74, 6) is -0.606. The van der Waals surface area contributed by atoms with Gasteiger partial charge in [-0.25, -0.2) is 0 Å². The van der Waals surface area contributed by atoms with E-state index in [1.165, 1.54) is 6.92 Å². The van der Waals surface area contributed by atoms with Crippen LogP contribution in [0.2, 0.25) is 0 Å². The van der Waals surface area contributed by atoms with Crippen LogP contribution in [0.25, 0.3) is 0 Å². The smallest absolute Gasteiger partial charge is 0.198 e. The molecular weight excluding hydrogens is 184 g/mol. The van der Waals surface area contributed by atoms with Crippen LogP contribution in [0.4, 0.5) is 0 Å². The van der Waals surface area contributed by atoms with Crippen LogP contribution in [-0.4, -0.2) is 16.9 Å². The summed E-state index contributed by atoms with van der Waals surface area (Å²) in [4.78, 5) is 20.8. The first-order valence-corrected chi connectivity index (χ1v) is 3.90. The Balaban J connectivity index is 3.39. The minimum atomic E-state index is -0.337. The van der Waals surface area contributed by atoms with Gasteiger partial charge >= 0.3 is 0 Å². The summed E-state index contributed by atoms with van der Waals surface area (Å²) in [6, 6.07) is 0. The molecule has 0 unspecified atom stereocenters. The first-order valence-electron chi connectivity index (χ1n) is 2.78. The van der Waals surface area contributed by atoms with Crippen LogP contribution in [0.5, 0.6) is 0 Å². The normalized spacial score (nSPS) is 9.11. The molecule has 0 amide bonds. The molecule has 52 valence electrons. The highest BCUT2D eigenvalue weighted by molar-refractivity contribution is 9.09. The molecule has 0 saturated carbocycles. The molecule has 0 heterocycles. The lowest BCUT2D eigenvalue weighted by atomic mass is 10.2. The minimum Gasteiger partial charge on any atom is -0.291 e. The average Bonchev–Trinajstić information content (AvgIpc) is 1.82. The van der Waals surface area contributed by atoms with E-state index in [1.807, 2.05) is 0 Å². The molecule has 0 N–H and O–H groups in total. The molecule has 0 aliphatic carbocycles. The van der Waals surface area contributed by atoms with Crippen LogP contribution < -0.4 is 0 Å². The first kappa shape index (κ1) is 8.82. The van der Waals surface area contributed by atoms with Crippen molar-refractivity contribution in [2.24, 2.45) is 0 Å². The summed E-state index contributed by atoms with van der Waals surface area (Å²) >= 11 is 3.16. The third kappa shape index (κ3) is 4.33. The number of alkyl halides is 1. The Labute approximate surface area is 62.8 Å². The van der Waals surface area contributed by atoms with E-state index in [4.69, 9.17) is 0 Å². The fraction of sp³-hybridized carbons (Fsp3) is 0.667. The largest absolute Gasteiger partial charge is 0.291 e. The average molecular weight is 193 g/mol. The topological polar surface area (TPSA) is 34.1 Å². The van der Waals surface area contributed by atoms with E-state index in [0.717, 1.165) is 11.8 Å². The van der Waals surface area contributed by atoms with Gasteiger partial charge in [-0.2, -0.15) is 0 Å². The van der Waals surface area contributed by atoms with Crippen LogP contribution in [0, 0.1) is 0 Å². The zero-order chi connectivity index (χ0) is 7.28. The third-order valence-corrected chi connectivity index (χ3v) is 1.49. The van der Waals surface area contributed by atoms with Crippen molar-refractivity contribution >= 4 is 27.5 Å². The van der Waals surface area contributed by atoms with Crippen LogP contribution in [-0.2, 0) is 9.59 Å². The summed E-state index contributed by atoms with van der Waals surface area (Å²) in [5, 5.41) is 0.784. The molecule has 0 saturated heterocycles. The van der Waals surface area contributed by atoms with Gasteiger partial charge in [-0.3, -0.25) is 9.59 Å². The van der Waals surface area contributed by atoms with Crippen molar-refractivity contribution in [1.82, 2.24) is 0 Å². The van der Waals surface area contributed by atoms with Crippen molar-refractivity contribution < 1.29 is 9.59 Å². The molecule has 0 aromatic rings. The summed E-state index contributed by atoms with van der Waals surface area (Å²) in [6.07, 6.45) is 1.12. The van der Waals surface area contributed by atoms with Gasteiger partial charge in [0.1, 0.15) is 0 Å². The number of halogens is 1. The zero-order valence-electron chi connectivity index (χ0n) is 5.32. The molecule has 0 aliphatic heterocycles. The molecule has 0 radical (unpaired) electrons. The quantitative estimate of drug-likeness (QED) is 0.498. The van der Waals surface area contributed by atoms with Gasteiger partial charge in [0, 0.05) is 18.7 Å². The lowest BCUT2D eigenvalue weighted by Gasteiger charge is -1.90. The van der Waals surface area contributed by atoms with Crippen molar-refractivity contribution in [2.75, 3.05) is 5.33 Å². The molecule has 0 spiro atoms. The van der Waals surface area contributed by atoms with E-state index in [9.17, 15) is 9.59 Å². The van der Waals surface area contributed by atoms with Gasteiger partial charge in [-0.15, -0.1) is 0 Å². The second kappa shape index (κ2) is 4.68. The van der Waals surface area contributed by atoms with E-state index in [-0.39, 0.29) is 11.6 Å². The number of hydrogen-bond acceptors (Lipinski definition) is 2. The highest BCUT2D eigenvalue weighted by atomic mass is 79.9. The van der Waals surface area contributed by atoms with Gasteiger partial charge < -0.3 is 0 Å². The molecule has 0 aromatic heterocycles. The highest BCUT2D eigenvalue weighted by Crippen LogP contribution is 1.95. The van der Waals surface area contributed by atoms with E-state index in [2.05, 4.69) is 15.9 Å². The Morgan fingerprint density at radius 1 is 1.44 bits per heavy atom. The second-order valence-corrected chi connectivity index (χ2v) is 2.56. The number of carbonyl (C=O) groups excluding carboxylic acids is 2. The maximum atomic E-state index is 10.5. The molecule has 0 aromatic carbocycles. The number of carbonyl (C=O) groups is 2. The SMILES string of the molecule is CC(=O)C(=O)CCCBr. The molecule has 0 rings (SSSR count). The molecule has 9 heavy (non-hydrogen) atoms. The zero-order valence-corrected chi connectivity index (χ0v) is 6.90. The fourth-order valence-corrected chi connectivity index (χ4v) is 0.684. The predicted molar refractivity (Wildman–Crippen MR) is 38.7 cm³/mol. The van der Waals surface area contributed by atoms with Gasteiger partial charge in [-0.1, -0.05) is 15.9 Å². The monoisotopic (exact) mass is 192 g/mol. The Bertz CT molecular complexity index is 120. The van der Waals surface area contributed by atoms with Crippen LogP contribution in [0.15, 0.2) is 0 Å². The highest BCUT2D eigenvalue weighted by Gasteiger charge is 2.04. The number of Topliss-reactive ketones (excluding diaryl/α,β-unsaturated/α-hetero) is 2. The lowest BCUT2D eigenvalue weighted by molar-refractivity contribution is -0.135. The molecular formula is C6H9BrO2. The van der Waals surface area contributed by atoms with Crippen LogP contribution in [0.1, 0.15) is 19.8 Å². The van der Waals surface area contributed by atoms with Gasteiger partial charge in [0.05, 0.1) is 0 Å². The van der Waals surface area contributed by atoms with Crippen molar-refractivity contribution in [3.8, 4) is 0 Å². The Morgan fingerprint density at radius 2 is 2.00 bits per heavy atom. The third-order valence-electron chi connectivity index (χ3n) is 0.930. The van der Waals surface area contributed by atoms with Gasteiger partial charge in [0.25, 0.3) is 0 Å². The standard InChI is InChI=1S/C6H9BrO2/c1-5(8)6(9)3-2-4-7/h2-4H2,1H3. The van der Waals surface area contributed by atoms with Crippen LogP contribution >= 0.6 is 15.9 Å². The van der Waals surface area contributed by atoms with E-state index >= 15 is 0 Å². The Kier molecular flexibility index (Phi) is 4.58.